The van der Waals surface area contributed by atoms with Crippen LogP contribution < -0.4 is 4.74 Å². The van der Waals surface area contributed by atoms with Gasteiger partial charge in [0.05, 0.1) is 6.61 Å². The van der Waals surface area contributed by atoms with E-state index in [0.717, 1.165) is 11.3 Å². The second kappa shape index (κ2) is 7.63. The zero-order chi connectivity index (χ0) is 16.7. The number of carbonyl (C=O) groups is 1. The Balaban J connectivity index is 2.07. The molecule has 23 heavy (non-hydrogen) atoms. The first-order valence-corrected chi connectivity index (χ1v) is 7.67. The molecule has 3 heteroatoms. The largest absolute Gasteiger partial charge is 0.493 e. The molecular weight excluding hydrogens is 288 g/mol. The van der Waals surface area contributed by atoms with Gasteiger partial charge >= 0.3 is 5.97 Å². The van der Waals surface area contributed by atoms with Gasteiger partial charge in [-0.25, -0.2) is 4.79 Å². The van der Waals surface area contributed by atoms with Crippen molar-refractivity contribution in [2.24, 2.45) is 0 Å². The fraction of sp³-hybridized carbons (Fsp3) is 0.250. The topological polar surface area (TPSA) is 46.5 Å². The molecule has 0 fully saturated rings. The van der Waals surface area contributed by atoms with Crippen LogP contribution in [0.25, 0.3) is 0 Å². The number of ether oxygens (including phenoxy) is 1. The lowest BCUT2D eigenvalue weighted by molar-refractivity contribution is -0.132. The molecule has 0 radical (unpaired) electrons. The lowest BCUT2D eigenvalue weighted by Gasteiger charge is -2.22. The number of aliphatic carboxylic acids is 1. The van der Waals surface area contributed by atoms with E-state index in [4.69, 9.17) is 4.74 Å². The number of hydrogen-bond acceptors (Lipinski definition) is 2. The van der Waals surface area contributed by atoms with Crippen molar-refractivity contribution in [3.8, 4) is 5.75 Å². The quantitative estimate of drug-likeness (QED) is 0.769. The predicted octanol–water partition coefficient (Wildman–Crippen LogP) is 4.44. The third-order valence-electron chi connectivity index (χ3n) is 3.71. The number of allylic oxidation sites excluding steroid dienone is 1. The Labute approximate surface area is 137 Å². The molecule has 0 saturated heterocycles. The first kappa shape index (κ1) is 16.8. The Morgan fingerprint density at radius 3 is 2.17 bits per heavy atom. The molecular formula is C20H22O3. The molecule has 3 nitrogen and oxygen atoms in total. The van der Waals surface area contributed by atoms with Crippen LogP contribution in [0.1, 0.15) is 25.8 Å². The maximum Gasteiger partial charge on any atom is 0.331 e. The van der Waals surface area contributed by atoms with E-state index in [1.165, 1.54) is 0 Å². The van der Waals surface area contributed by atoms with E-state index >= 15 is 0 Å². The van der Waals surface area contributed by atoms with Crippen LogP contribution in [0, 0.1) is 0 Å². The highest BCUT2D eigenvalue weighted by atomic mass is 16.5. The average Bonchev–Trinajstić information content (AvgIpc) is 2.55. The molecule has 120 valence electrons. The molecule has 0 aromatic heterocycles. The van der Waals surface area contributed by atoms with Crippen molar-refractivity contribution in [1.82, 2.24) is 0 Å². The molecule has 0 spiro atoms. The summed E-state index contributed by atoms with van der Waals surface area (Å²) in [6.45, 7) is 4.37. The van der Waals surface area contributed by atoms with E-state index in [1.54, 1.807) is 0 Å². The van der Waals surface area contributed by atoms with Gasteiger partial charge in [-0.05, 0) is 17.7 Å². The first-order chi connectivity index (χ1) is 11.0. The Morgan fingerprint density at radius 1 is 1.04 bits per heavy atom. The third-order valence-corrected chi connectivity index (χ3v) is 3.71. The van der Waals surface area contributed by atoms with Gasteiger partial charge in [0.1, 0.15) is 5.75 Å². The van der Waals surface area contributed by atoms with Gasteiger partial charge in [-0.3, -0.25) is 0 Å². The molecule has 0 aliphatic heterocycles. The Morgan fingerprint density at radius 2 is 1.61 bits per heavy atom. The minimum Gasteiger partial charge on any atom is -0.493 e. The minimum atomic E-state index is -0.898. The van der Waals surface area contributed by atoms with Crippen LogP contribution in [0.3, 0.4) is 0 Å². The molecule has 0 amide bonds. The second-order valence-electron chi connectivity index (χ2n) is 5.97. The van der Waals surface area contributed by atoms with Gasteiger partial charge < -0.3 is 9.84 Å². The normalized spacial score (nSPS) is 12.0. The summed E-state index contributed by atoms with van der Waals surface area (Å²) in [5, 5.41) is 9.46. The van der Waals surface area contributed by atoms with Gasteiger partial charge in [0.15, 0.2) is 0 Å². The molecule has 0 bridgehead atoms. The summed E-state index contributed by atoms with van der Waals surface area (Å²) in [6.07, 6.45) is 2.18. The smallest absolute Gasteiger partial charge is 0.331 e. The van der Waals surface area contributed by atoms with Crippen LogP contribution in [0.2, 0.25) is 0 Å². The van der Waals surface area contributed by atoms with Crippen molar-refractivity contribution in [2.45, 2.75) is 25.7 Å². The van der Waals surface area contributed by atoms with E-state index in [1.807, 2.05) is 80.6 Å². The summed E-state index contributed by atoms with van der Waals surface area (Å²) in [4.78, 5) is 11.5. The number of hydrogen-bond donors (Lipinski definition) is 1. The van der Waals surface area contributed by atoms with Crippen molar-refractivity contribution in [2.75, 3.05) is 6.61 Å². The van der Waals surface area contributed by atoms with Crippen molar-refractivity contribution in [1.29, 1.82) is 0 Å². The van der Waals surface area contributed by atoms with Crippen LogP contribution in [-0.2, 0) is 10.2 Å². The average molecular weight is 310 g/mol. The first-order valence-electron chi connectivity index (χ1n) is 7.67. The maximum absolute atomic E-state index is 11.5. The van der Waals surface area contributed by atoms with Gasteiger partial charge in [-0.1, -0.05) is 68.5 Å². The van der Waals surface area contributed by atoms with Gasteiger partial charge in [0.2, 0.25) is 0 Å². The zero-order valence-corrected chi connectivity index (χ0v) is 13.5. The highest BCUT2D eigenvalue weighted by Crippen LogP contribution is 2.26. The van der Waals surface area contributed by atoms with Crippen molar-refractivity contribution < 1.29 is 14.6 Å². The van der Waals surface area contributed by atoms with Crippen LogP contribution in [0.5, 0.6) is 5.75 Å². The highest BCUT2D eigenvalue weighted by molar-refractivity contribution is 5.86. The molecule has 2 aromatic carbocycles. The summed E-state index contributed by atoms with van der Waals surface area (Å²) >= 11 is 0. The standard InChI is InChI=1S/C20H22O3/c1-20(2,17-9-5-3-6-10-17)15-16(19(21)22)13-14-23-18-11-7-4-8-12-18/h3-12,15H,13-14H2,1-2H3,(H,21,22). The molecule has 0 atom stereocenters. The highest BCUT2D eigenvalue weighted by Gasteiger charge is 2.20. The lowest BCUT2D eigenvalue weighted by atomic mass is 9.82. The second-order valence-corrected chi connectivity index (χ2v) is 5.97. The number of carboxylic acids is 1. The van der Waals surface area contributed by atoms with E-state index in [2.05, 4.69) is 0 Å². The van der Waals surface area contributed by atoms with Gasteiger partial charge in [0.25, 0.3) is 0 Å². The molecule has 2 rings (SSSR count). The van der Waals surface area contributed by atoms with Crippen LogP contribution >= 0.6 is 0 Å². The summed E-state index contributed by atoms with van der Waals surface area (Å²) in [7, 11) is 0. The predicted molar refractivity (Wildman–Crippen MR) is 91.7 cm³/mol. The molecule has 0 aliphatic carbocycles. The van der Waals surface area contributed by atoms with Crippen molar-refractivity contribution >= 4 is 5.97 Å². The van der Waals surface area contributed by atoms with E-state index in [0.29, 0.717) is 18.6 Å². The molecule has 0 heterocycles. The summed E-state index contributed by atoms with van der Waals surface area (Å²) < 4.78 is 5.60. The molecule has 0 saturated carbocycles. The summed E-state index contributed by atoms with van der Waals surface area (Å²) in [6, 6.07) is 19.3. The number of carboxylic acid groups (broad SMARTS) is 1. The van der Waals surface area contributed by atoms with E-state index in [-0.39, 0.29) is 5.41 Å². The fourth-order valence-electron chi connectivity index (χ4n) is 2.42. The number of rotatable bonds is 7. The van der Waals surface area contributed by atoms with Crippen LogP contribution in [0.4, 0.5) is 0 Å². The molecule has 2 aromatic rings. The maximum atomic E-state index is 11.5. The number of para-hydroxylation sites is 1. The zero-order valence-electron chi connectivity index (χ0n) is 13.5. The fourth-order valence-corrected chi connectivity index (χ4v) is 2.42. The monoisotopic (exact) mass is 310 g/mol. The minimum absolute atomic E-state index is 0.340. The Hall–Kier alpha value is -2.55. The molecule has 1 N–H and O–H groups in total. The Kier molecular flexibility index (Phi) is 5.58. The summed E-state index contributed by atoms with van der Waals surface area (Å²) in [5.41, 5.74) is 1.11. The Bertz CT molecular complexity index is 658. The van der Waals surface area contributed by atoms with Crippen molar-refractivity contribution in [3.05, 3.63) is 77.9 Å². The summed E-state index contributed by atoms with van der Waals surface area (Å²) in [5.74, 6) is -0.148. The van der Waals surface area contributed by atoms with E-state index < -0.39 is 5.97 Å². The lowest BCUT2D eigenvalue weighted by Crippen LogP contribution is -2.17. The molecule has 0 aliphatic rings. The van der Waals surface area contributed by atoms with Gasteiger partial charge in [-0.2, -0.15) is 0 Å². The number of benzene rings is 2. The van der Waals surface area contributed by atoms with E-state index in [9.17, 15) is 9.90 Å². The SMILES string of the molecule is CC(C)(C=C(CCOc1ccccc1)C(=O)O)c1ccccc1. The van der Waals surface area contributed by atoms with Crippen LogP contribution in [0.15, 0.2) is 72.3 Å². The third kappa shape index (κ3) is 4.99. The van der Waals surface area contributed by atoms with Gasteiger partial charge in [0, 0.05) is 17.4 Å². The molecule has 0 unspecified atom stereocenters. The van der Waals surface area contributed by atoms with Gasteiger partial charge in [-0.15, -0.1) is 0 Å². The van der Waals surface area contributed by atoms with Crippen LogP contribution in [-0.4, -0.2) is 17.7 Å². The van der Waals surface area contributed by atoms with Crippen molar-refractivity contribution in [3.63, 3.8) is 0 Å².